The quantitative estimate of drug-likeness (QED) is 0.639. The molecular formula is C21H22Cl2N2O2. The van der Waals surface area contributed by atoms with Crippen molar-refractivity contribution in [3.63, 3.8) is 0 Å². The molecule has 3 rings (SSSR count). The number of hydrogen-bond acceptors (Lipinski definition) is 3. The Labute approximate surface area is 169 Å². The lowest BCUT2D eigenvalue weighted by molar-refractivity contribution is -0.124. The third-order valence-corrected chi connectivity index (χ3v) is 4.87. The maximum absolute atomic E-state index is 12.0. The zero-order chi connectivity index (χ0) is 19.1. The van der Waals surface area contributed by atoms with Gasteiger partial charge in [0.25, 0.3) is 5.91 Å². The van der Waals surface area contributed by atoms with E-state index in [1.807, 2.05) is 24.3 Å². The number of ether oxygens (including phenoxy) is 1. The van der Waals surface area contributed by atoms with Crippen LogP contribution in [0.3, 0.4) is 0 Å². The minimum atomic E-state index is -0.0645. The van der Waals surface area contributed by atoms with Crippen LogP contribution in [0.4, 0.5) is 5.69 Å². The molecule has 1 N–H and O–H groups in total. The van der Waals surface area contributed by atoms with Crippen LogP contribution in [0.25, 0.3) is 0 Å². The van der Waals surface area contributed by atoms with Gasteiger partial charge in [-0.2, -0.15) is 0 Å². The Morgan fingerprint density at radius 3 is 2.41 bits per heavy atom. The summed E-state index contributed by atoms with van der Waals surface area (Å²) in [7, 11) is 0. The molecule has 0 unspecified atom stereocenters. The molecule has 0 aliphatic heterocycles. The van der Waals surface area contributed by atoms with E-state index < -0.39 is 0 Å². The first-order valence-corrected chi connectivity index (χ1v) is 9.86. The molecule has 27 heavy (non-hydrogen) atoms. The average Bonchev–Trinajstić information content (AvgIpc) is 2.66. The summed E-state index contributed by atoms with van der Waals surface area (Å²) in [6.45, 7) is 0.0327. The summed E-state index contributed by atoms with van der Waals surface area (Å²) in [6.07, 6.45) is 7.51. The SMILES string of the molecule is O=C(COc1ccc(C=Nc2cc(Cl)cc(Cl)c2)cc1)NC1CCCCC1. The van der Waals surface area contributed by atoms with Gasteiger partial charge in [-0.15, -0.1) is 0 Å². The highest BCUT2D eigenvalue weighted by Gasteiger charge is 2.15. The van der Waals surface area contributed by atoms with Gasteiger partial charge in [0, 0.05) is 22.3 Å². The third-order valence-electron chi connectivity index (χ3n) is 4.43. The highest BCUT2D eigenvalue weighted by Crippen LogP contribution is 2.24. The van der Waals surface area contributed by atoms with Gasteiger partial charge in [0.15, 0.2) is 6.61 Å². The molecule has 1 amide bonds. The molecule has 1 saturated carbocycles. The van der Waals surface area contributed by atoms with Gasteiger partial charge in [-0.1, -0.05) is 42.5 Å². The van der Waals surface area contributed by atoms with Crippen molar-refractivity contribution in [1.29, 1.82) is 0 Å². The molecule has 0 aromatic heterocycles. The number of aliphatic imine (C=N–C) groups is 1. The van der Waals surface area contributed by atoms with E-state index in [0.717, 1.165) is 18.4 Å². The molecule has 0 bridgehead atoms. The number of nitrogens with zero attached hydrogens (tertiary/aromatic N) is 1. The van der Waals surface area contributed by atoms with E-state index in [-0.39, 0.29) is 12.5 Å². The number of carbonyl (C=O) groups excluding carboxylic acids is 1. The molecule has 0 atom stereocenters. The monoisotopic (exact) mass is 404 g/mol. The molecule has 4 nitrogen and oxygen atoms in total. The Balaban J connectivity index is 1.49. The first-order valence-electron chi connectivity index (χ1n) is 9.11. The second kappa shape index (κ2) is 9.77. The van der Waals surface area contributed by atoms with Gasteiger partial charge < -0.3 is 10.1 Å². The van der Waals surface area contributed by atoms with Crippen molar-refractivity contribution >= 4 is 41.0 Å². The molecule has 0 saturated heterocycles. The fraction of sp³-hybridized carbons (Fsp3) is 0.333. The molecule has 2 aromatic carbocycles. The van der Waals surface area contributed by atoms with Crippen LogP contribution in [0.1, 0.15) is 37.7 Å². The van der Waals surface area contributed by atoms with E-state index in [2.05, 4.69) is 10.3 Å². The first-order chi connectivity index (χ1) is 13.1. The van der Waals surface area contributed by atoms with Crippen molar-refractivity contribution < 1.29 is 9.53 Å². The molecule has 0 heterocycles. The minimum absolute atomic E-state index is 0.0327. The van der Waals surface area contributed by atoms with Crippen molar-refractivity contribution in [3.8, 4) is 5.75 Å². The van der Waals surface area contributed by atoms with Gasteiger partial charge in [-0.05, 0) is 60.9 Å². The number of amides is 1. The van der Waals surface area contributed by atoms with Crippen LogP contribution in [-0.2, 0) is 4.79 Å². The lowest BCUT2D eigenvalue weighted by Gasteiger charge is -2.22. The predicted molar refractivity (Wildman–Crippen MR) is 111 cm³/mol. The van der Waals surface area contributed by atoms with Crippen molar-refractivity contribution in [1.82, 2.24) is 5.32 Å². The zero-order valence-corrected chi connectivity index (χ0v) is 16.5. The van der Waals surface area contributed by atoms with Crippen LogP contribution in [0.5, 0.6) is 5.75 Å². The number of hydrogen-bond donors (Lipinski definition) is 1. The second-order valence-corrected chi connectivity index (χ2v) is 7.52. The Morgan fingerprint density at radius 1 is 1.07 bits per heavy atom. The highest BCUT2D eigenvalue weighted by atomic mass is 35.5. The van der Waals surface area contributed by atoms with E-state index in [4.69, 9.17) is 27.9 Å². The number of carbonyl (C=O) groups is 1. The lowest BCUT2D eigenvalue weighted by Crippen LogP contribution is -2.38. The normalized spacial score (nSPS) is 15.0. The maximum atomic E-state index is 12.0. The minimum Gasteiger partial charge on any atom is -0.484 e. The number of rotatable bonds is 6. The smallest absolute Gasteiger partial charge is 0.258 e. The van der Waals surface area contributed by atoms with E-state index in [9.17, 15) is 4.79 Å². The Bertz CT molecular complexity index is 780. The van der Waals surface area contributed by atoms with Gasteiger partial charge in [-0.25, -0.2) is 0 Å². The van der Waals surface area contributed by atoms with Gasteiger partial charge in [0.2, 0.25) is 0 Å². The van der Waals surface area contributed by atoms with Crippen LogP contribution in [0.2, 0.25) is 10.0 Å². The zero-order valence-electron chi connectivity index (χ0n) is 15.0. The molecule has 1 aliphatic carbocycles. The van der Waals surface area contributed by atoms with E-state index >= 15 is 0 Å². The third kappa shape index (κ3) is 6.56. The van der Waals surface area contributed by atoms with Crippen molar-refractivity contribution in [2.75, 3.05) is 6.61 Å². The van der Waals surface area contributed by atoms with Crippen LogP contribution in [-0.4, -0.2) is 24.8 Å². The second-order valence-electron chi connectivity index (χ2n) is 6.65. The average molecular weight is 405 g/mol. The summed E-state index contributed by atoms with van der Waals surface area (Å²) in [5, 5.41) is 4.13. The largest absolute Gasteiger partial charge is 0.484 e. The van der Waals surface area contributed by atoms with E-state index in [1.54, 1.807) is 24.4 Å². The van der Waals surface area contributed by atoms with Crippen LogP contribution < -0.4 is 10.1 Å². The van der Waals surface area contributed by atoms with Crippen molar-refractivity contribution in [3.05, 3.63) is 58.1 Å². The van der Waals surface area contributed by atoms with E-state index in [0.29, 0.717) is 27.5 Å². The summed E-state index contributed by atoms with van der Waals surface area (Å²) in [5.41, 5.74) is 1.59. The summed E-state index contributed by atoms with van der Waals surface area (Å²) in [4.78, 5) is 16.4. The molecule has 0 radical (unpaired) electrons. The van der Waals surface area contributed by atoms with Gasteiger partial charge in [-0.3, -0.25) is 9.79 Å². The summed E-state index contributed by atoms with van der Waals surface area (Å²) < 4.78 is 5.57. The molecule has 1 aliphatic rings. The summed E-state index contributed by atoms with van der Waals surface area (Å²) in [6, 6.07) is 12.8. The number of nitrogens with one attached hydrogen (secondary N) is 1. The van der Waals surface area contributed by atoms with Gasteiger partial charge >= 0.3 is 0 Å². The Morgan fingerprint density at radius 2 is 1.74 bits per heavy atom. The van der Waals surface area contributed by atoms with E-state index in [1.165, 1.54) is 19.3 Å². The van der Waals surface area contributed by atoms with Gasteiger partial charge in [0.05, 0.1) is 5.69 Å². The number of benzene rings is 2. The van der Waals surface area contributed by atoms with Crippen molar-refractivity contribution in [2.45, 2.75) is 38.1 Å². The Kier molecular flexibility index (Phi) is 7.13. The Hall–Kier alpha value is -2.04. The van der Waals surface area contributed by atoms with Gasteiger partial charge in [0.1, 0.15) is 5.75 Å². The van der Waals surface area contributed by atoms with Crippen molar-refractivity contribution in [2.24, 2.45) is 4.99 Å². The number of halogens is 2. The lowest BCUT2D eigenvalue weighted by atomic mass is 9.95. The topological polar surface area (TPSA) is 50.7 Å². The highest BCUT2D eigenvalue weighted by molar-refractivity contribution is 6.35. The molecule has 2 aromatic rings. The standard InChI is InChI=1S/C21H22Cl2N2O2/c22-16-10-17(23)12-19(11-16)24-13-15-6-8-20(9-7-15)27-14-21(26)25-18-4-2-1-3-5-18/h6-13,18H,1-5,14H2,(H,25,26). The fourth-order valence-electron chi connectivity index (χ4n) is 3.08. The molecule has 142 valence electrons. The maximum Gasteiger partial charge on any atom is 0.258 e. The molecular weight excluding hydrogens is 383 g/mol. The van der Waals surface area contributed by atoms with Crippen LogP contribution in [0.15, 0.2) is 47.5 Å². The first kappa shape index (κ1) is 19.7. The molecule has 1 fully saturated rings. The van der Waals surface area contributed by atoms with Crippen LogP contribution in [0, 0.1) is 0 Å². The van der Waals surface area contributed by atoms with Crippen LogP contribution >= 0.6 is 23.2 Å². The molecule has 6 heteroatoms. The predicted octanol–water partition coefficient (Wildman–Crippen LogP) is 5.57. The summed E-state index contributed by atoms with van der Waals surface area (Å²) in [5.74, 6) is 0.585. The summed E-state index contributed by atoms with van der Waals surface area (Å²) >= 11 is 11.9. The fourth-order valence-corrected chi connectivity index (χ4v) is 3.59. The molecule has 0 spiro atoms.